The maximum atomic E-state index is 12.4. The smallest absolute Gasteiger partial charge is 0.343 e. The highest BCUT2D eigenvalue weighted by molar-refractivity contribution is 7.92. The molecule has 1 amide bonds. The van der Waals surface area contributed by atoms with Crippen molar-refractivity contribution >= 4 is 25.8 Å². The maximum Gasteiger partial charge on any atom is 0.405 e. The SMILES string of the molecule is C[C@@]1(NS(=O)(=O)c2ccc(C(=O)NCC(F)(F)F)cc2)CCS(=O)(=O)C1. The molecule has 146 valence electrons. The first-order valence-corrected chi connectivity index (χ1v) is 10.7. The predicted molar refractivity (Wildman–Crippen MR) is 86.8 cm³/mol. The maximum absolute atomic E-state index is 12.4. The van der Waals surface area contributed by atoms with Gasteiger partial charge in [-0.25, -0.2) is 21.6 Å². The molecule has 0 aliphatic carbocycles. The van der Waals surface area contributed by atoms with E-state index in [1.807, 2.05) is 0 Å². The van der Waals surface area contributed by atoms with Crippen LogP contribution in [0.15, 0.2) is 29.2 Å². The van der Waals surface area contributed by atoms with E-state index in [0.717, 1.165) is 24.3 Å². The highest BCUT2D eigenvalue weighted by Gasteiger charge is 2.41. The van der Waals surface area contributed by atoms with E-state index in [1.54, 1.807) is 5.32 Å². The van der Waals surface area contributed by atoms with Crippen molar-refractivity contribution in [2.24, 2.45) is 0 Å². The monoisotopic (exact) mass is 414 g/mol. The molecule has 1 aliphatic rings. The van der Waals surface area contributed by atoms with Crippen molar-refractivity contribution in [1.29, 1.82) is 0 Å². The zero-order valence-electron chi connectivity index (χ0n) is 13.6. The molecule has 0 saturated carbocycles. The summed E-state index contributed by atoms with van der Waals surface area (Å²) >= 11 is 0. The normalized spacial score (nSPS) is 22.9. The Bertz CT molecular complexity index is 896. The van der Waals surface area contributed by atoms with Gasteiger partial charge in [0.25, 0.3) is 5.91 Å². The summed E-state index contributed by atoms with van der Waals surface area (Å²) in [6, 6.07) is 4.29. The number of benzene rings is 1. The van der Waals surface area contributed by atoms with E-state index in [1.165, 1.54) is 6.92 Å². The molecular formula is C14H17F3N2O5S2. The molecule has 2 rings (SSSR count). The van der Waals surface area contributed by atoms with Crippen molar-refractivity contribution in [1.82, 2.24) is 10.0 Å². The summed E-state index contributed by atoms with van der Waals surface area (Å²) in [5.74, 6) is -1.44. The number of amides is 1. The number of sulfonamides is 1. The van der Waals surface area contributed by atoms with Gasteiger partial charge in [-0.2, -0.15) is 13.2 Å². The number of halogens is 3. The Morgan fingerprint density at radius 2 is 1.81 bits per heavy atom. The number of carbonyl (C=O) groups excluding carboxylic acids is 1. The Labute approximate surface area is 148 Å². The van der Waals surface area contributed by atoms with Gasteiger partial charge in [-0.05, 0) is 37.6 Å². The minimum atomic E-state index is -4.56. The molecule has 2 N–H and O–H groups in total. The number of carbonyl (C=O) groups is 1. The first-order chi connectivity index (χ1) is 11.7. The molecule has 1 aliphatic heterocycles. The Hall–Kier alpha value is -1.66. The lowest BCUT2D eigenvalue weighted by Gasteiger charge is -2.23. The fourth-order valence-electron chi connectivity index (χ4n) is 2.54. The molecule has 0 radical (unpaired) electrons. The number of hydrogen-bond acceptors (Lipinski definition) is 5. The summed E-state index contributed by atoms with van der Waals surface area (Å²) in [7, 11) is -7.37. The molecule has 1 saturated heterocycles. The Kier molecular flexibility index (Phi) is 5.41. The van der Waals surface area contributed by atoms with E-state index in [-0.39, 0.29) is 28.4 Å². The molecule has 0 bridgehead atoms. The second kappa shape index (κ2) is 6.82. The van der Waals surface area contributed by atoms with Crippen molar-refractivity contribution in [2.75, 3.05) is 18.1 Å². The second-order valence-electron chi connectivity index (χ2n) is 6.33. The van der Waals surface area contributed by atoms with Crippen molar-refractivity contribution in [3.63, 3.8) is 0 Å². The largest absolute Gasteiger partial charge is 0.405 e. The van der Waals surface area contributed by atoms with Crippen molar-refractivity contribution in [3.05, 3.63) is 29.8 Å². The molecule has 0 unspecified atom stereocenters. The van der Waals surface area contributed by atoms with Crippen LogP contribution in [0.3, 0.4) is 0 Å². The third kappa shape index (κ3) is 5.42. The molecule has 1 heterocycles. The van der Waals surface area contributed by atoms with E-state index < -0.39 is 44.0 Å². The highest BCUT2D eigenvalue weighted by Crippen LogP contribution is 2.25. The number of rotatable bonds is 5. The van der Waals surface area contributed by atoms with Gasteiger partial charge in [0.05, 0.1) is 16.4 Å². The molecule has 1 fully saturated rings. The molecule has 0 aromatic heterocycles. The van der Waals surface area contributed by atoms with Crippen LogP contribution >= 0.6 is 0 Å². The third-order valence-electron chi connectivity index (χ3n) is 3.76. The van der Waals surface area contributed by atoms with E-state index in [0.29, 0.717) is 0 Å². The van der Waals surface area contributed by atoms with Crippen LogP contribution in [0.2, 0.25) is 0 Å². The first-order valence-electron chi connectivity index (χ1n) is 7.41. The van der Waals surface area contributed by atoms with Crippen molar-refractivity contribution in [3.8, 4) is 0 Å². The van der Waals surface area contributed by atoms with E-state index in [9.17, 15) is 34.8 Å². The third-order valence-corrected chi connectivity index (χ3v) is 7.32. The summed E-state index contributed by atoms with van der Waals surface area (Å²) in [5, 5.41) is 1.68. The van der Waals surface area contributed by atoms with Crippen molar-refractivity contribution in [2.45, 2.75) is 30.0 Å². The quantitative estimate of drug-likeness (QED) is 0.742. The van der Waals surface area contributed by atoms with Gasteiger partial charge in [0.1, 0.15) is 6.54 Å². The molecule has 1 atom stereocenters. The Morgan fingerprint density at radius 3 is 2.27 bits per heavy atom. The van der Waals surface area contributed by atoms with Gasteiger partial charge < -0.3 is 5.32 Å². The van der Waals surface area contributed by atoms with Crippen LogP contribution in [0.25, 0.3) is 0 Å². The summed E-state index contributed by atoms with van der Waals surface area (Å²) in [5.41, 5.74) is -1.27. The van der Waals surface area contributed by atoms with Gasteiger partial charge in [0.2, 0.25) is 10.0 Å². The first kappa shape index (κ1) is 20.6. The van der Waals surface area contributed by atoms with Crippen LogP contribution in [-0.4, -0.2) is 52.5 Å². The highest BCUT2D eigenvalue weighted by atomic mass is 32.2. The molecule has 7 nitrogen and oxygen atoms in total. The average Bonchev–Trinajstić information content (AvgIpc) is 2.76. The average molecular weight is 414 g/mol. The van der Waals surface area contributed by atoms with Gasteiger partial charge in [-0.15, -0.1) is 0 Å². The van der Waals surface area contributed by atoms with Crippen LogP contribution in [0.5, 0.6) is 0 Å². The Morgan fingerprint density at radius 1 is 1.23 bits per heavy atom. The predicted octanol–water partition coefficient (Wildman–Crippen LogP) is 0.834. The molecule has 1 aromatic rings. The lowest BCUT2D eigenvalue weighted by Crippen LogP contribution is -2.46. The minimum Gasteiger partial charge on any atom is -0.343 e. The van der Waals surface area contributed by atoms with E-state index in [4.69, 9.17) is 0 Å². The Balaban J connectivity index is 2.10. The zero-order chi connectivity index (χ0) is 19.8. The fraction of sp³-hybridized carbons (Fsp3) is 0.500. The standard InChI is InChI=1S/C14H17F3N2O5S2/c1-13(6-7-25(21,22)9-13)19-26(23,24)11-4-2-10(3-5-11)12(20)18-8-14(15,16)17/h2-5,19H,6-9H2,1H3,(H,18,20)/t13-/m1/s1. The van der Waals surface area contributed by atoms with Gasteiger partial charge in [-0.1, -0.05) is 0 Å². The molecule has 1 aromatic carbocycles. The molecule has 26 heavy (non-hydrogen) atoms. The van der Waals surface area contributed by atoms with Crippen LogP contribution in [0.1, 0.15) is 23.7 Å². The fourth-order valence-corrected chi connectivity index (χ4v) is 6.16. The van der Waals surface area contributed by atoms with Crippen LogP contribution < -0.4 is 10.0 Å². The second-order valence-corrected chi connectivity index (χ2v) is 10.2. The van der Waals surface area contributed by atoms with Gasteiger partial charge >= 0.3 is 6.18 Å². The van der Waals surface area contributed by atoms with Gasteiger partial charge in [0, 0.05) is 11.1 Å². The number of sulfone groups is 1. The van der Waals surface area contributed by atoms with Crippen molar-refractivity contribution < 1.29 is 34.8 Å². The lowest BCUT2D eigenvalue weighted by molar-refractivity contribution is -0.123. The number of alkyl halides is 3. The van der Waals surface area contributed by atoms with Gasteiger partial charge in [-0.3, -0.25) is 4.79 Å². The molecule has 12 heteroatoms. The van der Waals surface area contributed by atoms with Gasteiger partial charge in [0.15, 0.2) is 9.84 Å². The number of hydrogen-bond donors (Lipinski definition) is 2. The summed E-state index contributed by atoms with van der Waals surface area (Å²) in [6.45, 7) is -0.0195. The summed E-state index contributed by atoms with van der Waals surface area (Å²) in [6.07, 6.45) is -4.42. The summed E-state index contributed by atoms with van der Waals surface area (Å²) < 4.78 is 86.5. The summed E-state index contributed by atoms with van der Waals surface area (Å²) in [4.78, 5) is 11.4. The molecular weight excluding hydrogens is 397 g/mol. The van der Waals surface area contributed by atoms with Crippen LogP contribution in [0, 0.1) is 0 Å². The van der Waals surface area contributed by atoms with E-state index in [2.05, 4.69) is 4.72 Å². The zero-order valence-corrected chi connectivity index (χ0v) is 15.3. The van der Waals surface area contributed by atoms with Crippen LogP contribution in [-0.2, 0) is 19.9 Å². The molecule has 0 spiro atoms. The topological polar surface area (TPSA) is 109 Å². The van der Waals surface area contributed by atoms with E-state index >= 15 is 0 Å². The number of nitrogens with one attached hydrogen (secondary N) is 2. The van der Waals surface area contributed by atoms with Crippen LogP contribution in [0.4, 0.5) is 13.2 Å². The minimum absolute atomic E-state index is 0.121. The lowest BCUT2D eigenvalue weighted by atomic mass is 10.0.